The number of benzene rings is 2. The number of nitrogens with zero attached hydrogens (tertiary/aromatic N) is 5. The summed E-state index contributed by atoms with van der Waals surface area (Å²) in [5.41, 5.74) is 2.74. The lowest BCUT2D eigenvalue weighted by Gasteiger charge is -2.44. The van der Waals surface area contributed by atoms with Crippen LogP contribution in [0.15, 0.2) is 42.6 Å². The maximum Gasteiger partial charge on any atom is 0.421 e. The number of hydrogen-bond donors (Lipinski definition) is 3. The van der Waals surface area contributed by atoms with Crippen molar-refractivity contribution >= 4 is 34.7 Å². The molecule has 2 fully saturated rings. The molecule has 1 aromatic heterocycles. The minimum absolute atomic E-state index is 0.00457. The molecule has 2 aromatic carbocycles. The highest BCUT2D eigenvalue weighted by Crippen LogP contribution is 2.37. The summed E-state index contributed by atoms with van der Waals surface area (Å²) in [5, 5.41) is 8.63. The summed E-state index contributed by atoms with van der Waals surface area (Å²) < 4.78 is 47.4. The van der Waals surface area contributed by atoms with Gasteiger partial charge in [0.15, 0.2) is 0 Å². The molecule has 4 heterocycles. The summed E-state index contributed by atoms with van der Waals surface area (Å²) in [5.74, 6) is 0.0330. The van der Waals surface area contributed by atoms with Crippen molar-refractivity contribution in [2.45, 2.75) is 57.9 Å². The van der Waals surface area contributed by atoms with Crippen molar-refractivity contribution in [2.24, 2.45) is 0 Å². The molecule has 0 atom stereocenters. The molecule has 3 aliphatic rings. The van der Waals surface area contributed by atoms with Crippen LogP contribution in [-0.2, 0) is 23.9 Å². The van der Waals surface area contributed by atoms with Gasteiger partial charge in [-0.15, -0.1) is 0 Å². The zero-order valence-electron chi connectivity index (χ0n) is 26.5. The van der Waals surface area contributed by atoms with E-state index in [0.29, 0.717) is 34.8 Å². The fourth-order valence-electron chi connectivity index (χ4n) is 6.65. The van der Waals surface area contributed by atoms with Gasteiger partial charge in [0.05, 0.1) is 19.2 Å². The standard InChI is InChI=1S/C33H41F3N8O2/c1-21(2)42-13-15-44(16-14-42)23-9-11-43(12-10-23)24-7-8-28(29(17-24)46-3)40-32-38-20-26(33(34,35)36)31(41-32)37-19-22-5-4-6-27-25(22)18-30(45)39-27/h4-8,17,20-21,23H,9-16,18-19H2,1-3H3,(H,39,45)(H2,37,38,40,41). The molecule has 13 heteroatoms. The maximum atomic E-state index is 13.9. The quantitative estimate of drug-likeness (QED) is 0.287. The van der Waals surface area contributed by atoms with Crippen molar-refractivity contribution in [3.63, 3.8) is 0 Å². The SMILES string of the molecule is COc1cc(N2CCC(N3CCN(C(C)C)CC3)CC2)ccc1Nc1ncc(C(F)(F)F)c(NCc2cccc3c2CC(=O)N3)n1. The third kappa shape index (κ3) is 7.00. The predicted octanol–water partition coefficient (Wildman–Crippen LogP) is 5.35. The van der Waals surface area contributed by atoms with Gasteiger partial charge in [-0.3, -0.25) is 14.6 Å². The Labute approximate surface area is 267 Å². The monoisotopic (exact) mass is 638 g/mol. The smallest absolute Gasteiger partial charge is 0.421 e. The van der Waals surface area contributed by atoms with E-state index in [2.05, 4.69) is 54.5 Å². The van der Waals surface area contributed by atoms with Gasteiger partial charge < -0.3 is 25.6 Å². The Morgan fingerprint density at radius 2 is 1.83 bits per heavy atom. The average Bonchev–Trinajstić information content (AvgIpc) is 3.44. The van der Waals surface area contributed by atoms with Crippen molar-refractivity contribution in [1.29, 1.82) is 0 Å². The van der Waals surface area contributed by atoms with Crippen LogP contribution in [0.1, 0.15) is 43.4 Å². The summed E-state index contributed by atoms with van der Waals surface area (Å²) in [6, 6.07) is 12.3. The minimum Gasteiger partial charge on any atom is -0.494 e. The Balaban J connectivity index is 1.12. The summed E-state index contributed by atoms with van der Waals surface area (Å²) >= 11 is 0. The number of anilines is 5. The van der Waals surface area contributed by atoms with E-state index in [1.54, 1.807) is 25.3 Å². The van der Waals surface area contributed by atoms with E-state index in [0.717, 1.165) is 69.6 Å². The molecule has 0 saturated carbocycles. The third-order valence-electron chi connectivity index (χ3n) is 9.28. The van der Waals surface area contributed by atoms with Gasteiger partial charge in [0.1, 0.15) is 17.1 Å². The van der Waals surface area contributed by atoms with Gasteiger partial charge in [-0.25, -0.2) is 4.98 Å². The number of aromatic nitrogens is 2. The van der Waals surface area contributed by atoms with E-state index >= 15 is 0 Å². The lowest BCUT2D eigenvalue weighted by Crippen LogP contribution is -2.54. The van der Waals surface area contributed by atoms with E-state index in [1.807, 2.05) is 18.2 Å². The molecule has 6 rings (SSSR count). The number of ether oxygens (including phenoxy) is 1. The molecule has 3 N–H and O–H groups in total. The van der Waals surface area contributed by atoms with Gasteiger partial charge in [0, 0.05) is 81.5 Å². The van der Waals surface area contributed by atoms with Gasteiger partial charge >= 0.3 is 6.18 Å². The first-order chi connectivity index (χ1) is 22.1. The second-order valence-electron chi connectivity index (χ2n) is 12.4. The fraction of sp³-hybridized carbons (Fsp3) is 0.485. The molecule has 0 bridgehead atoms. The molecule has 1 amide bonds. The van der Waals surface area contributed by atoms with Gasteiger partial charge in [-0.2, -0.15) is 18.2 Å². The number of amides is 1. The molecule has 46 heavy (non-hydrogen) atoms. The van der Waals surface area contributed by atoms with Gasteiger partial charge in [-0.1, -0.05) is 12.1 Å². The number of methoxy groups -OCH3 is 1. The highest BCUT2D eigenvalue weighted by Gasteiger charge is 2.35. The molecule has 0 unspecified atom stereocenters. The number of fused-ring (bicyclic) bond motifs is 1. The van der Waals surface area contributed by atoms with Crippen molar-refractivity contribution in [3.05, 3.63) is 59.3 Å². The van der Waals surface area contributed by atoms with Crippen molar-refractivity contribution < 1.29 is 22.7 Å². The Bertz CT molecular complexity index is 1550. The van der Waals surface area contributed by atoms with Gasteiger partial charge in [0.25, 0.3) is 0 Å². The van der Waals surface area contributed by atoms with Crippen LogP contribution in [0.4, 0.5) is 42.0 Å². The first kappa shape index (κ1) is 31.9. The van der Waals surface area contributed by atoms with Gasteiger partial charge in [0.2, 0.25) is 11.9 Å². The maximum absolute atomic E-state index is 13.9. The Kier molecular flexibility index (Phi) is 9.23. The van der Waals surface area contributed by atoms with Crippen LogP contribution in [0.3, 0.4) is 0 Å². The highest BCUT2D eigenvalue weighted by atomic mass is 19.4. The van der Waals surface area contributed by atoms with E-state index < -0.39 is 11.7 Å². The van der Waals surface area contributed by atoms with Crippen LogP contribution in [0.2, 0.25) is 0 Å². The normalized spacial score (nSPS) is 18.1. The highest BCUT2D eigenvalue weighted by molar-refractivity contribution is 5.99. The first-order valence-corrected chi connectivity index (χ1v) is 15.9. The Morgan fingerprint density at radius 1 is 1.07 bits per heavy atom. The van der Waals surface area contributed by atoms with Crippen molar-refractivity contribution in [2.75, 3.05) is 67.2 Å². The molecule has 0 aliphatic carbocycles. The number of hydrogen-bond acceptors (Lipinski definition) is 9. The van der Waals surface area contributed by atoms with Crippen LogP contribution in [0, 0.1) is 0 Å². The van der Waals surface area contributed by atoms with Crippen LogP contribution in [0.25, 0.3) is 0 Å². The summed E-state index contributed by atoms with van der Waals surface area (Å²) in [6.45, 7) is 10.9. The summed E-state index contributed by atoms with van der Waals surface area (Å²) in [6.07, 6.45) is -1.52. The number of carbonyl (C=O) groups excluding carboxylic acids is 1. The number of carbonyl (C=O) groups is 1. The Hall–Kier alpha value is -4.10. The molecule has 10 nitrogen and oxygen atoms in total. The molecule has 0 radical (unpaired) electrons. The first-order valence-electron chi connectivity index (χ1n) is 15.9. The van der Waals surface area contributed by atoms with Crippen molar-refractivity contribution in [1.82, 2.24) is 19.8 Å². The summed E-state index contributed by atoms with van der Waals surface area (Å²) in [7, 11) is 1.56. The molecule has 3 aliphatic heterocycles. The third-order valence-corrected chi connectivity index (χ3v) is 9.28. The van der Waals surface area contributed by atoms with E-state index in [-0.39, 0.29) is 30.6 Å². The van der Waals surface area contributed by atoms with Crippen LogP contribution in [-0.4, -0.2) is 84.1 Å². The number of rotatable bonds is 9. The minimum atomic E-state index is -4.66. The number of piperazine rings is 1. The van der Waals surface area contributed by atoms with Crippen molar-refractivity contribution in [3.8, 4) is 5.75 Å². The lowest BCUT2D eigenvalue weighted by molar-refractivity contribution is -0.137. The lowest BCUT2D eigenvalue weighted by atomic mass is 10.0. The summed E-state index contributed by atoms with van der Waals surface area (Å²) in [4.78, 5) is 27.6. The van der Waals surface area contributed by atoms with Crippen LogP contribution in [0.5, 0.6) is 5.75 Å². The predicted molar refractivity (Wildman–Crippen MR) is 173 cm³/mol. The number of nitrogens with one attached hydrogen (secondary N) is 3. The molecule has 0 spiro atoms. The molecule has 3 aromatic rings. The largest absolute Gasteiger partial charge is 0.494 e. The molecular weight excluding hydrogens is 597 g/mol. The second kappa shape index (κ2) is 13.3. The van der Waals surface area contributed by atoms with E-state index in [9.17, 15) is 18.0 Å². The number of alkyl halides is 3. The average molecular weight is 639 g/mol. The zero-order chi connectivity index (χ0) is 32.4. The number of halogens is 3. The second-order valence-corrected chi connectivity index (χ2v) is 12.4. The van der Waals surface area contributed by atoms with E-state index in [4.69, 9.17) is 4.74 Å². The molecule has 2 saturated heterocycles. The van der Waals surface area contributed by atoms with Crippen LogP contribution >= 0.6 is 0 Å². The molecular formula is C33H41F3N8O2. The fourth-order valence-corrected chi connectivity index (χ4v) is 6.65. The van der Waals surface area contributed by atoms with Crippen LogP contribution < -0.4 is 25.6 Å². The van der Waals surface area contributed by atoms with Gasteiger partial charge in [-0.05, 0) is 56.0 Å². The molecule has 246 valence electrons. The van der Waals surface area contributed by atoms with E-state index in [1.165, 1.54) is 0 Å². The number of piperidine rings is 1. The Morgan fingerprint density at radius 3 is 2.52 bits per heavy atom. The topological polar surface area (TPSA) is 97.9 Å². The zero-order valence-corrected chi connectivity index (χ0v) is 26.5.